The summed E-state index contributed by atoms with van der Waals surface area (Å²) in [4.78, 5) is 12.1. The summed E-state index contributed by atoms with van der Waals surface area (Å²) >= 11 is 0. The van der Waals surface area contributed by atoms with E-state index in [1.54, 1.807) is 0 Å². The van der Waals surface area contributed by atoms with E-state index in [0.717, 1.165) is 5.75 Å². The molecule has 1 aromatic heterocycles. The minimum atomic E-state index is -0.231. The number of hydrogen-bond acceptors (Lipinski definition) is 2. The fourth-order valence-electron chi connectivity index (χ4n) is 1.86. The van der Waals surface area contributed by atoms with Crippen LogP contribution in [0.25, 0.3) is 0 Å². The molecule has 104 valence electrons. The van der Waals surface area contributed by atoms with Crippen LogP contribution >= 0.6 is 0 Å². The topological polar surface area (TPSA) is 30.2 Å². The highest BCUT2D eigenvalue weighted by molar-refractivity contribution is 5.95. The Bertz CT molecular complexity index is 568. The second kappa shape index (κ2) is 5.87. The molecule has 0 aliphatic heterocycles. The van der Waals surface area contributed by atoms with Crippen molar-refractivity contribution in [2.75, 3.05) is 0 Å². The van der Waals surface area contributed by atoms with E-state index in [1.807, 2.05) is 80.2 Å². The van der Waals surface area contributed by atoms with Crippen molar-refractivity contribution in [3.63, 3.8) is 0 Å². The molecule has 0 aliphatic rings. The number of nitrogens with zero attached hydrogens (tertiary/aromatic N) is 1. The molecule has 0 radical (unpaired) electrons. The van der Waals surface area contributed by atoms with Crippen molar-refractivity contribution in [3.05, 3.63) is 60.4 Å². The number of rotatable bonds is 4. The van der Waals surface area contributed by atoms with Crippen molar-refractivity contribution in [3.8, 4) is 5.75 Å². The number of hydrogen-bond donors (Lipinski definition) is 0. The van der Waals surface area contributed by atoms with Gasteiger partial charge in [0.1, 0.15) is 11.4 Å². The summed E-state index contributed by atoms with van der Waals surface area (Å²) < 4.78 is 7.60. The lowest BCUT2D eigenvalue weighted by molar-refractivity contribution is -0.683. The Morgan fingerprint density at radius 3 is 2.20 bits per heavy atom. The zero-order valence-electron chi connectivity index (χ0n) is 12.2. The van der Waals surface area contributed by atoms with Crippen LogP contribution in [-0.2, 0) is 6.54 Å². The molecule has 0 saturated heterocycles. The zero-order valence-corrected chi connectivity index (χ0v) is 12.2. The fraction of sp³-hybridized carbons (Fsp3) is 0.294. The zero-order chi connectivity index (χ0) is 14.6. The second-order valence-corrected chi connectivity index (χ2v) is 5.71. The van der Waals surface area contributed by atoms with Gasteiger partial charge in [-0.25, -0.2) is 0 Å². The summed E-state index contributed by atoms with van der Waals surface area (Å²) in [5.41, 5.74) is 0.466. The fourth-order valence-corrected chi connectivity index (χ4v) is 1.86. The van der Waals surface area contributed by atoms with E-state index in [4.69, 9.17) is 4.74 Å². The predicted molar refractivity (Wildman–Crippen MR) is 77.8 cm³/mol. The van der Waals surface area contributed by atoms with Crippen LogP contribution in [0.3, 0.4) is 0 Å². The first-order valence-corrected chi connectivity index (χ1v) is 6.70. The van der Waals surface area contributed by atoms with E-state index >= 15 is 0 Å². The monoisotopic (exact) mass is 270 g/mol. The van der Waals surface area contributed by atoms with Gasteiger partial charge in [0.05, 0.1) is 0 Å². The van der Waals surface area contributed by atoms with Crippen LogP contribution in [0.4, 0.5) is 0 Å². The van der Waals surface area contributed by atoms with Gasteiger partial charge in [-0.1, -0.05) is 6.07 Å². The van der Waals surface area contributed by atoms with Crippen LogP contribution in [0, 0.1) is 0 Å². The van der Waals surface area contributed by atoms with Gasteiger partial charge < -0.3 is 4.74 Å². The third-order valence-electron chi connectivity index (χ3n) is 2.70. The van der Waals surface area contributed by atoms with Gasteiger partial charge in [0, 0.05) is 17.7 Å². The van der Waals surface area contributed by atoms with E-state index in [1.165, 1.54) is 0 Å². The van der Waals surface area contributed by atoms with Crippen molar-refractivity contribution in [2.45, 2.75) is 32.9 Å². The summed E-state index contributed by atoms with van der Waals surface area (Å²) in [7, 11) is 0. The molecule has 0 saturated carbocycles. The van der Waals surface area contributed by atoms with Crippen LogP contribution in [0.2, 0.25) is 0 Å². The van der Waals surface area contributed by atoms with Crippen molar-refractivity contribution < 1.29 is 14.1 Å². The molecule has 2 aromatic rings. The minimum absolute atomic E-state index is 0.0866. The standard InChI is InChI=1S/C17H20NO2/c1-17(2,3)20-15-9-7-14(8-10-15)16(19)13-18-11-5-4-6-12-18/h4-12H,13H2,1-3H3/q+1. The molecule has 0 amide bonds. The maximum atomic E-state index is 12.1. The van der Waals surface area contributed by atoms with Crippen molar-refractivity contribution >= 4 is 5.78 Å². The number of Topliss-reactive ketones (excluding diaryl/α,β-unsaturated/α-hetero) is 1. The molecule has 0 aliphatic carbocycles. The Labute approximate surface area is 119 Å². The van der Waals surface area contributed by atoms with Gasteiger partial charge in [0.15, 0.2) is 12.4 Å². The Hall–Kier alpha value is -2.16. The maximum absolute atomic E-state index is 12.1. The molecule has 0 fully saturated rings. The van der Waals surface area contributed by atoms with Crippen molar-refractivity contribution in [1.29, 1.82) is 0 Å². The normalized spacial score (nSPS) is 11.2. The van der Waals surface area contributed by atoms with Crippen molar-refractivity contribution in [1.82, 2.24) is 0 Å². The third kappa shape index (κ3) is 4.19. The molecule has 0 N–H and O–H groups in total. The van der Waals surface area contributed by atoms with E-state index < -0.39 is 0 Å². The first-order chi connectivity index (χ1) is 9.44. The summed E-state index contributed by atoms with van der Waals surface area (Å²) in [6, 6.07) is 13.1. The molecule has 3 nitrogen and oxygen atoms in total. The maximum Gasteiger partial charge on any atom is 0.227 e. The average molecular weight is 270 g/mol. The highest BCUT2D eigenvalue weighted by Gasteiger charge is 2.14. The molecule has 2 rings (SSSR count). The first kappa shape index (κ1) is 14.3. The summed E-state index contributed by atoms with van der Waals surface area (Å²) in [6.07, 6.45) is 3.77. The molecule has 0 unspecified atom stereocenters. The predicted octanol–water partition coefficient (Wildman–Crippen LogP) is 3.03. The SMILES string of the molecule is CC(C)(C)Oc1ccc(C(=O)C[n+]2ccccc2)cc1. The number of carbonyl (C=O) groups excluding carboxylic acids is 1. The lowest BCUT2D eigenvalue weighted by atomic mass is 10.1. The molecule has 1 aromatic carbocycles. The highest BCUT2D eigenvalue weighted by atomic mass is 16.5. The highest BCUT2D eigenvalue weighted by Crippen LogP contribution is 2.18. The summed E-state index contributed by atoms with van der Waals surface area (Å²) in [5, 5.41) is 0. The van der Waals surface area contributed by atoms with Crippen molar-refractivity contribution in [2.24, 2.45) is 0 Å². The van der Waals surface area contributed by atoms with Gasteiger partial charge in [-0.15, -0.1) is 0 Å². The molecular formula is C17H20NO2+. The average Bonchev–Trinajstić information content (AvgIpc) is 2.39. The summed E-state index contributed by atoms with van der Waals surface area (Å²) in [5.74, 6) is 0.866. The molecule has 3 heteroatoms. The van der Waals surface area contributed by atoms with Gasteiger partial charge >= 0.3 is 0 Å². The second-order valence-electron chi connectivity index (χ2n) is 5.71. The lowest BCUT2D eigenvalue weighted by Crippen LogP contribution is -2.36. The van der Waals surface area contributed by atoms with Gasteiger partial charge in [0.2, 0.25) is 12.3 Å². The number of benzene rings is 1. The van der Waals surface area contributed by atoms with Gasteiger partial charge in [-0.05, 0) is 45.0 Å². The number of ketones is 1. The number of aromatic nitrogens is 1. The van der Waals surface area contributed by atoms with Crippen LogP contribution in [-0.4, -0.2) is 11.4 Å². The van der Waals surface area contributed by atoms with E-state index in [-0.39, 0.29) is 11.4 Å². The molecule has 1 heterocycles. The molecule has 0 spiro atoms. The van der Waals surface area contributed by atoms with Gasteiger partial charge in [-0.3, -0.25) is 4.79 Å². The number of pyridine rings is 1. The van der Waals surface area contributed by atoms with E-state index in [9.17, 15) is 4.79 Å². The Kier molecular flexibility index (Phi) is 4.18. The Morgan fingerprint density at radius 1 is 1.05 bits per heavy atom. The van der Waals surface area contributed by atoms with Gasteiger partial charge in [-0.2, -0.15) is 4.57 Å². The smallest absolute Gasteiger partial charge is 0.227 e. The van der Waals surface area contributed by atoms with Crippen LogP contribution in [0.15, 0.2) is 54.9 Å². The van der Waals surface area contributed by atoms with Crippen LogP contribution in [0.5, 0.6) is 5.75 Å². The first-order valence-electron chi connectivity index (χ1n) is 6.70. The van der Waals surface area contributed by atoms with E-state index in [2.05, 4.69) is 0 Å². The van der Waals surface area contributed by atoms with Gasteiger partial charge in [0.25, 0.3) is 0 Å². The van der Waals surface area contributed by atoms with Crippen LogP contribution < -0.4 is 9.30 Å². The molecule has 0 atom stereocenters. The Morgan fingerprint density at radius 2 is 1.65 bits per heavy atom. The minimum Gasteiger partial charge on any atom is -0.488 e. The van der Waals surface area contributed by atoms with Crippen LogP contribution in [0.1, 0.15) is 31.1 Å². The van der Waals surface area contributed by atoms with E-state index in [0.29, 0.717) is 12.1 Å². The Balaban J connectivity index is 2.04. The lowest BCUT2D eigenvalue weighted by Gasteiger charge is -2.21. The molecular weight excluding hydrogens is 250 g/mol. The summed E-state index contributed by atoms with van der Waals surface area (Å²) in [6.45, 7) is 6.34. The number of carbonyl (C=O) groups is 1. The molecule has 20 heavy (non-hydrogen) atoms. The largest absolute Gasteiger partial charge is 0.488 e. The number of ether oxygens (including phenoxy) is 1. The molecule has 0 bridgehead atoms. The third-order valence-corrected chi connectivity index (χ3v) is 2.70. The quantitative estimate of drug-likeness (QED) is 0.631.